The second-order valence-corrected chi connectivity index (χ2v) is 26.5. The summed E-state index contributed by atoms with van der Waals surface area (Å²) in [6, 6.07) is -0.843. The minimum atomic E-state index is -4.45. The van der Waals surface area contributed by atoms with Crippen LogP contribution in [0.4, 0.5) is 0 Å². The monoisotopic (exact) mass is 1140 g/mol. The Labute approximate surface area is 492 Å². The predicted octanol–water partition coefficient (Wildman–Crippen LogP) is 21.7. The Morgan fingerprint density at radius 2 is 0.734 bits per heavy atom. The van der Waals surface area contributed by atoms with Crippen molar-refractivity contribution < 1.29 is 37.3 Å². The highest BCUT2D eigenvalue weighted by Gasteiger charge is 2.30. The van der Waals surface area contributed by atoms with Crippen LogP contribution >= 0.6 is 7.82 Å². The van der Waals surface area contributed by atoms with Crippen LogP contribution in [0.5, 0.6) is 0 Å². The number of allylic oxidation sites excluding steroid dienone is 3. The standard InChI is InChI=1S/C69H135N2O7P/c1-7-10-13-16-19-22-25-27-29-31-33-35-37-39-41-43-46-49-52-55-58-61-68(72)70-66(65-77-79(74,75)76-64-63-71(4,5)6)67(60-57-54-51-48-45-24-21-18-15-12-9-3)78-69(73)62-59-56-53-50-47-44-42-40-38-36-34-32-30-28-26-23-20-17-14-11-8-2/h27,29,57,60,66-67H,7-26,28,30-56,58-59,61-65H2,1-6H3,(H-,70,72,74,75)/p+1/b29-27+,60-57+. The molecule has 0 fully saturated rings. The Morgan fingerprint density at radius 1 is 0.430 bits per heavy atom. The first-order valence-corrected chi connectivity index (χ1v) is 36.2. The normalized spacial score (nSPS) is 13.7. The van der Waals surface area contributed by atoms with Crippen molar-refractivity contribution in [3.8, 4) is 0 Å². The van der Waals surface area contributed by atoms with Gasteiger partial charge in [0.1, 0.15) is 19.3 Å². The molecule has 0 aliphatic heterocycles. The van der Waals surface area contributed by atoms with Gasteiger partial charge in [-0.05, 0) is 57.4 Å². The molecule has 0 aliphatic rings. The fourth-order valence-corrected chi connectivity index (χ4v) is 11.3. The topological polar surface area (TPSA) is 111 Å². The van der Waals surface area contributed by atoms with Crippen LogP contribution in [0, 0.1) is 0 Å². The number of carbonyl (C=O) groups excluding carboxylic acids is 2. The summed E-state index contributed by atoms with van der Waals surface area (Å²) < 4.78 is 30.8. The number of quaternary nitrogens is 1. The van der Waals surface area contributed by atoms with Gasteiger partial charge >= 0.3 is 13.8 Å². The average molecular weight is 1140 g/mol. The van der Waals surface area contributed by atoms with Gasteiger partial charge in [-0.25, -0.2) is 4.57 Å². The largest absolute Gasteiger partial charge is 0.472 e. The molecule has 1 amide bonds. The maximum atomic E-state index is 13.6. The van der Waals surface area contributed by atoms with Crippen molar-refractivity contribution in [2.75, 3.05) is 40.9 Å². The van der Waals surface area contributed by atoms with E-state index < -0.39 is 20.0 Å². The predicted molar refractivity (Wildman–Crippen MR) is 342 cm³/mol. The van der Waals surface area contributed by atoms with Gasteiger partial charge in [-0.15, -0.1) is 0 Å². The summed E-state index contributed by atoms with van der Waals surface area (Å²) in [6.07, 6.45) is 71.9. The van der Waals surface area contributed by atoms with Crippen LogP contribution in [-0.4, -0.2) is 74.3 Å². The number of hydrogen-bond donors (Lipinski definition) is 2. The third kappa shape index (κ3) is 60.9. The molecule has 0 saturated heterocycles. The number of amides is 1. The number of nitrogens with one attached hydrogen (secondary N) is 1. The highest BCUT2D eigenvalue weighted by atomic mass is 31.2. The molecule has 10 heteroatoms. The molecule has 0 rings (SSSR count). The number of phosphoric acid groups is 1. The molecule has 0 aromatic heterocycles. The molecule has 468 valence electrons. The van der Waals surface area contributed by atoms with E-state index in [1.807, 2.05) is 33.3 Å². The summed E-state index contributed by atoms with van der Waals surface area (Å²) in [6.45, 7) is 7.07. The van der Waals surface area contributed by atoms with E-state index in [4.69, 9.17) is 13.8 Å². The summed E-state index contributed by atoms with van der Waals surface area (Å²) in [4.78, 5) is 37.8. The molecule has 0 aliphatic carbocycles. The third-order valence-electron chi connectivity index (χ3n) is 15.9. The molecule has 2 N–H and O–H groups in total. The Morgan fingerprint density at radius 3 is 1.08 bits per heavy atom. The van der Waals surface area contributed by atoms with E-state index in [9.17, 15) is 19.0 Å². The fraction of sp³-hybridized carbons (Fsp3) is 0.913. The summed E-state index contributed by atoms with van der Waals surface area (Å²) >= 11 is 0. The number of phosphoric ester groups is 1. The van der Waals surface area contributed by atoms with Gasteiger partial charge in [0.05, 0.1) is 33.8 Å². The number of likely N-dealkylation sites (N-methyl/N-ethyl adjacent to an activating group) is 1. The number of nitrogens with zero attached hydrogens (tertiary/aromatic N) is 1. The smallest absolute Gasteiger partial charge is 0.456 e. The Balaban J connectivity index is 5.04. The average Bonchev–Trinajstić information content (AvgIpc) is 3.41. The van der Waals surface area contributed by atoms with Crippen LogP contribution in [0.3, 0.4) is 0 Å². The van der Waals surface area contributed by atoms with Crippen LogP contribution in [0.1, 0.15) is 355 Å². The molecular formula is C69H136N2O7P+. The molecule has 0 saturated carbocycles. The van der Waals surface area contributed by atoms with Crippen molar-refractivity contribution in [2.45, 2.75) is 367 Å². The zero-order valence-electron chi connectivity index (χ0n) is 53.6. The van der Waals surface area contributed by atoms with Gasteiger partial charge in [-0.2, -0.15) is 0 Å². The summed E-state index contributed by atoms with van der Waals surface area (Å²) in [7, 11) is 1.52. The molecule has 0 aromatic carbocycles. The zero-order chi connectivity index (χ0) is 57.9. The number of rotatable bonds is 64. The minimum Gasteiger partial charge on any atom is -0.456 e. The molecule has 0 bridgehead atoms. The Bertz CT molecular complexity index is 1400. The highest BCUT2D eigenvalue weighted by Crippen LogP contribution is 2.43. The van der Waals surface area contributed by atoms with Crippen molar-refractivity contribution in [3.63, 3.8) is 0 Å². The molecule has 0 heterocycles. The van der Waals surface area contributed by atoms with Gasteiger partial charge in [0.25, 0.3) is 0 Å². The first-order chi connectivity index (χ1) is 38.4. The van der Waals surface area contributed by atoms with Crippen LogP contribution < -0.4 is 5.32 Å². The van der Waals surface area contributed by atoms with Crippen molar-refractivity contribution in [2.24, 2.45) is 0 Å². The number of ether oxygens (including phenoxy) is 1. The van der Waals surface area contributed by atoms with Gasteiger partial charge in [-0.3, -0.25) is 18.6 Å². The van der Waals surface area contributed by atoms with E-state index in [1.54, 1.807) is 0 Å². The van der Waals surface area contributed by atoms with E-state index >= 15 is 0 Å². The van der Waals surface area contributed by atoms with Crippen LogP contribution in [-0.2, 0) is 27.9 Å². The first-order valence-electron chi connectivity index (χ1n) is 34.7. The maximum Gasteiger partial charge on any atom is 0.472 e. The summed E-state index contributed by atoms with van der Waals surface area (Å²) in [5, 5.41) is 3.07. The van der Waals surface area contributed by atoms with Crippen molar-refractivity contribution >= 4 is 19.7 Å². The van der Waals surface area contributed by atoms with Crippen LogP contribution in [0.15, 0.2) is 24.3 Å². The van der Waals surface area contributed by atoms with Gasteiger partial charge in [0.2, 0.25) is 5.91 Å². The van der Waals surface area contributed by atoms with Crippen molar-refractivity contribution in [1.82, 2.24) is 5.32 Å². The second kappa shape index (κ2) is 59.6. The summed E-state index contributed by atoms with van der Waals surface area (Å²) in [5.74, 6) is -0.485. The van der Waals surface area contributed by atoms with Gasteiger partial charge in [0.15, 0.2) is 0 Å². The first kappa shape index (κ1) is 77.5. The van der Waals surface area contributed by atoms with E-state index in [0.29, 0.717) is 23.9 Å². The quantitative estimate of drug-likeness (QED) is 0.0205. The third-order valence-corrected chi connectivity index (χ3v) is 16.9. The molecule has 3 atom stereocenters. The molecule has 3 unspecified atom stereocenters. The number of carbonyl (C=O) groups is 2. The molecule has 0 radical (unpaired) electrons. The molecule has 9 nitrogen and oxygen atoms in total. The van der Waals surface area contributed by atoms with Crippen molar-refractivity contribution in [3.05, 3.63) is 24.3 Å². The van der Waals surface area contributed by atoms with Crippen LogP contribution in [0.25, 0.3) is 0 Å². The second-order valence-electron chi connectivity index (χ2n) is 25.1. The van der Waals surface area contributed by atoms with E-state index in [-0.39, 0.29) is 25.1 Å². The highest BCUT2D eigenvalue weighted by molar-refractivity contribution is 7.47. The molecular weight excluding hydrogens is 1000 g/mol. The lowest BCUT2D eigenvalue weighted by molar-refractivity contribution is -0.870. The SMILES string of the molecule is CCCCCCCC/C=C/CCCCCCCCCCCCCC(=O)NC(COP(=O)(O)OCC[N+](C)(C)C)C(/C=C/CCCCCCCCCCC)OC(=O)CCCCCCCCCCCCCCCCCCCCCCC. The van der Waals surface area contributed by atoms with E-state index in [1.165, 1.54) is 263 Å². The lowest BCUT2D eigenvalue weighted by Gasteiger charge is -2.27. The number of esters is 1. The van der Waals surface area contributed by atoms with E-state index in [0.717, 1.165) is 57.8 Å². The van der Waals surface area contributed by atoms with E-state index in [2.05, 4.69) is 38.2 Å². The maximum absolute atomic E-state index is 13.6. The number of hydrogen-bond acceptors (Lipinski definition) is 6. The van der Waals surface area contributed by atoms with Crippen LogP contribution in [0.2, 0.25) is 0 Å². The Hall–Kier alpha value is -1.51. The van der Waals surface area contributed by atoms with Crippen molar-refractivity contribution in [1.29, 1.82) is 0 Å². The lowest BCUT2D eigenvalue weighted by Crippen LogP contribution is -2.47. The van der Waals surface area contributed by atoms with Gasteiger partial charge in [-0.1, -0.05) is 309 Å². The minimum absolute atomic E-state index is 0.0440. The van der Waals surface area contributed by atoms with Gasteiger partial charge < -0.3 is 19.4 Å². The summed E-state index contributed by atoms with van der Waals surface area (Å²) in [5.41, 5.74) is 0. The fourth-order valence-electron chi connectivity index (χ4n) is 10.5. The Kier molecular flexibility index (Phi) is 58.5. The lowest BCUT2D eigenvalue weighted by atomic mass is 10.0. The molecule has 79 heavy (non-hydrogen) atoms. The molecule has 0 spiro atoms. The molecule has 0 aromatic rings. The van der Waals surface area contributed by atoms with Gasteiger partial charge in [0, 0.05) is 12.8 Å². The number of unbranched alkanes of at least 4 members (excludes halogenated alkanes) is 46. The zero-order valence-corrected chi connectivity index (χ0v) is 54.5.